The Morgan fingerprint density at radius 1 is 1.02 bits per heavy atom. The maximum Gasteiger partial charge on any atom is 0.243 e. The number of sulfonamides is 1. The second kappa shape index (κ2) is 13.0. The molecule has 1 aliphatic heterocycles. The van der Waals surface area contributed by atoms with Crippen LogP contribution in [0.5, 0.6) is 0 Å². The van der Waals surface area contributed by atoms with Crippen molar-refractivity contribution in [3.8, 4) is 0 Å². The van der Waals surface area contributed by atoms with Crippen molar-refractivity contribution >= 4 is 26.8 Å². The molecule has 250 valence electrons. The molecule has 0 fully saturated rings. The van der Waals surface area contributed by atoms with Crippen molar-refractivity contribution in [2.24, 2.45) is 11.3 Å². The van der Waals surface area contributed by atoms with Crippen molar-refractivity contribution in [2.45, 2.75) is 85.2 Å². The lowest BCUT2D eigenvalue weighted by molar-refractivity contribution is -0.127. The zero-order valence-corrected chi connectivity index (χ0v) is 29.7. The second-order valence-corrected chi connectivity index (χ2v) is 15.9. The summed E-state index contributed by atoms with van der Waals surface area (Å²) in [6.07, 6.45) is 5.73. The van der Waals surface area contributed by atoms with Gasteiger partial charge in [-0.1, -0.05) is 67.9 Å². The summed E-state index contributed by atoms with van der Waals surface area (Å²) in [6.45, 7) is 15.6. The first-order chi connectivity index (χ1) is 22.8. The summed E-state index contributed by atoms with van der Waals surface area (Å²) in [6, 6.07) is 16.0. The van der Waals surface area contributed by atoms with E-state index in [1.54, 1.807) is 22.8 Å². The zero-order valence-electron chi connectivity index (χ0n) is 28.9. The maximum absolute atomic E-state index is 14.2. The molecule has 1 aliphatic rings. The van der Waals surface area contributed by atoms with E-state index in [2.05, 4.69) is 51.5 Å². The first kappa shape index (κ1) is 33.6. The number of carbonyl (C=O) groups excluding carboxylic acids is 1. The maximum atomic E-state index is 14.2. The fourth-order valence-corrected chi connectivity index (χ4v) is 8.99. The van der Waals surface area contributed by atoms with E-state index in [-0.39, 0.29) is 30.6 Å². The van der Waals surface area contributed by atoms with Crippen molar-refractivity contribution in [2.75, 3.05) is 6.54 Å². The van der Waals surface area contributed by atoms with Crippen LogP contribution in [0.1, 0.15) is 78.1 Å². The molecule has 5 aromatic rings. The highest BCUT2D eigenvalue weighted by atomic mass is 32.2. The number of hydrogen-bond acceptors (Lipinski definition) is 7. The van der Waals surface area contributed by atoms with Gasteiger partial charge in [-0.3, -0.25) is 4.79 Å². The van der Waals surface area contributed by atoms with Crippen molar-refractivity contribution < 1.29 is 13.2 Å². The van der Waals surface area contributed by atoms with E-state index >= 15 is 0 Å². The van der Waals surface area contributed by atoms with Crippen LogP contribution in [0.3, 0.4) is 0 Å². The third kappa shape index (κ3) is 6.19. The summed E-state index contributed by atoms with van der Waals surface area (Å²) in [4.78, 5) is 22.9. The Morgan fingerprint density at radius 2 is 1.77 bits per heavy atom. The van der Waals surface area contributed by atoms with Crippen LogP contribution >= 0.6 is 0 Å². The zero-order chi connectivity index (χ0) is 34.4. The predicted molar refractivity (Wildman–Crippen MR) is 187 cm³/mol. The lowest BCUT2D eigenvalue weighted by Crippen LogP contribution is -2.35. The summed E-state index contributed by atoms with van der Waals surface area (Å²) in [5, 5.41) is 8.89. The van der Waals surface area contributed by atoms with Gasteiger partial charge in [0, 0.05) is 49.8 Å². The van der Waals surface area contributed by atoms with Crippen LogP contribution in [0.15, 0.2) is 72.1 Å². The van der Waals surface area contributed by atoms with Gasteiger partial charge in [0.15, 0.2) is 0 Å². The molecule has 2 atom stereocenters. The van der Waals surface area contributed by atoms with E-state index in [0.717, 1.165) is 55.5 Å². The van der Waals surface area contributed by atoms with Crippen LogP contribution in [0.2, 0.25) is 0 Å². The molecule has 9 nitrogen and oxygen atoms in total. The Balaban J connectivity index is 1.45. The Labute approximate surface area is 283 Å². The molecule has 48 heavy (non-hydrogen) atoms. The highest BCUT2D eigenvalue weighted by molar-refractivity contribution is 7.89. The number of aryl methyl sites for hydroxylation is 4. The SMILES string of the molecule is CCn1nnc2c(C)c([C@H](c3ccc(C)c(CN4C[C@@H](C)Cc5cc(C)ccc5S4(=O)=O)c3)C(C)(C)C(=O)Cc3cncnc3)ccc21. The summed E-state index contributed by atoms with van der Waals surface area (Å²) >= 11 is 0. The lowest BCUT2D eigenvalue weighted by atomic mass is 9.66. The number of ketones is 1. The molecule has 0 saturated heterocycles. The number of nitrogens with zero attached hydrogens (tertiary/aromatic N) is 6. The molecule has 0 spiro atoms. The van der Waals surface area contributed by atoms with Crippen molar-refractivity contribution in [1.29, 1.82) is 0 Å². The van der Waals surface area contributed by atoms with Crippen molar-refractivity contribution in [3.63, 3.8) is 0 Å². The third-order valence-electron chi connectivity index (χ3n) is 9.98. The van der Waals surface area contributed by atoms with Crippen molar-refractivity contribution in [1.82, 2.24) is 29.3 Å². The molecule has 0 amide bonds. The smallest absolute Gasteiger partial charge is 0.243 e. The minimum Gasteiger partial charge on any atom is -0.299 e. The average molecular weight is 665 g/mol. The van der Waals surface area contributed by atoms with Gasteiger partial charge in [0.2, 0.25) is 10.0 Å². The largest absolute Gasteiger partial charge is 0.299 e. The molecule has 0 radical (unpaired) electrons. The van der Waals surface area contributed by atoms with Gasteiger partial charge in [-0.15, -0.1) is 5.10 Å². The van der Waals surface area contributed by atoms with E-state index in [1.807, 2.05) is 64.4 Å². The standard InChI is InChI=1S/C38H44N6O3S/c1-8-44-33-13-12-32(27(5)37(33)41-42-44)36(38(6,7)35(45)17-28-19-39-23-40-20-28)29-11-10-26(4)31(18-29)22-43-21-25(3)16-30-15-24(2)9-14-34(30)48(43,46)47/h9-15,18-20,23,25,36H,8,16-17,21-22H2,1-7H3/t25-,36-/m0/s1. The Bertz CT molecular complexity index is 2110. The van der Waals surface area contributed by atoms with Gasteiger partial charge in [0.1, 0.15) is 17.6 Å². The van der Waals surface area contributed by atoms with E-state index in [1.165, 1.54) is 6.33 Å². The Morgan fingerprint density at radius 3 is 2.50 bits per heavy atom. The topological polar surface area (TPSA) is 111 Å². The summed E-state index contributed by atoms with van der Waals surface area (Å²) < 4.78 is 31.7. The van der Waals surface area contributed by atoms with Crippen LogP contribution in [0.25, 0.3) is 11.0 Å². The van der Waals surface area contributed by atoms with Gasteiger partial charge in [0.25, 0.3) is 0 Å². The highest BCUT2D eigenvalue weighted by Gasteiger charge is 2.40. The minimum absolute atomic E-state index is 0.0527. The second-order valence-electron chi connectivity index (χ2n) is 14.0. The number of fused-ring (bicyclic) bond motifs is 2. The first-order valence-corrected chi connectivity index (χ1v) is 18.0. The fraction of sp³-hybridized carbons (Fsp3) is 0.395. The number of hydrogen-bond donors (Lipinski definition) is 0. The highest BCUT2D eigenvalue weighted by Crippen LogP contribution is 2.45. The summed E-state index contributed by atoms with van der Waals surface area (Å²) in [7, 11) is -3.73. The van der Waals surface area contributed by atoms with Gasteiger partial charge in [-0.25, -0.2) is 23.1 Å². The van der Waals surface area contributed by atoms with Gasteiger partial charge in [-0.05, 0) is 91.1 Å². The van der Waals surface area contributed by atoms with Crippen molar-refractivity contribution in [3.05, 3.63) is 112 Å². The lowest BCUT2D eigenvalue weighted by Gasteiger charge is -2.35. The normalized spacial score (nSPS) is 17.2. The van der Waals surface area contributed by atoms with Crippen LogP contribution in [-0.2, 0) is 40.7 Å². The molecular weight excluding hydrogens is 621 g/mol. The molecule has 0 unspecified atom stereocenters. The van der Waals surface area contributed by atoms with Crippen LogP contribution in [0, 0.1) is 32.1 Å². The summed E-state index contributed by atoms with van der Waals surface area (Å²) in [5.74, 6) is -0.144. The van der Waals surface area contributed by atoms with E-state index < -0.39 is 15.4 Å². The third-order valence-corrected chi connectivity index (χ3v) is 11.9. The number of benzene rings is 3. The number of carbonyl (C=O) groups is 1. The minimum atomic E-state index is -3.73. The number of aromatic nitrogens is 5. The molecule has 0 bridgehead atoms. The Kier molecular flexibility index (Phi) is 9.08. The monoisotopic (exact) mass is 664 g/mol. The van der Waals surface area contributed by atoms with Crippen LogP contribution in [-0.4, -0.2) is 50.0 Å². The Hall–Kier alpha value is -4.28. The van der Waals surface area contributed by atoms with E-state index in [4.69, 9.17) is 0 Å². The van der Waals surface area contributed by atoms with E-state index in [9.17, 15) is 13.2 Å². The van der Waals surface area contributed by atoms with Gasteiger partial charge in [-0.2, -0.15) is 4.31 Å². The van der Waals surface area contributed by atoms with Gasteiger partial charge in [0.05, 0.1) is 10.4 Å². The molecule has 2 aromatic heterocycles. The molecule has 0 saturated carbocycles. The van der Waals surface area contributed by atoms with Crippen LogP contribution < -0.4 is 0 Å². The number of rotatable bonds is 9. The quantitative estimate of drug-likeness (QED) is 0.176. The summed E-state index contributed by atoms with van der Waals surface area (Å²) in [5.41, 5.74) is 8.41. The molecular formula is C38H44N6O3S. The molecule has 6 rings (SSSR count). The molecule has 3 heterocycles. The number of Topliss-reactive ketones (excluding diaryl/α,β-unsaturated/α-hetero) is 1. The first-order valence-electron chi connectivity index (χ1n) is 16.6. The van der Waals surface area contributed by atoms with Gasteiger partial charge < -0.3 is 0 Å². The van der Waals surface area contributed by atoms with E-state index in [0.29, 0.717) is 24.4 Å². The molecule has 10 heteroatoms. The van der Waals surface area contributed by atoms with Gasteiger partial charge >= 0.3 is 0 Å². The molecule has 3 aromatic carbocycles. The average Bonchev–Trinajstić information content (AvgIpc) is 3.44. The predicted octanol–water partition coefficient (Wildman–Crippen LogP) is 6.52. The fourth-order valence-electron chi connectivity index (χ4n) is 7.23. The molecule has 0 aliphatic carbocycles. The van der Waals surface area contributed by atoms with Crippen LogP contribution in [0.4, 0.5) is 0 Å². The molecule has 0 N–H and O–H groups in total.